The van der Waals surface area contributed by atoms with Crippen molar-refractivity contribution in [1.29, 1.82) is 5.26 Å². The van der Waals surface area contributed by atoms with Crippen LogP contribution in [0, 0.1) is 11.3 Å². The highest BCUT2D eigenvalue weighted by molar-refractivity contribution is 5.91. The lowest BCUT2D eigenvalue weighted by atomic mass is 10.1. The van der Waals surface area contributed by atoms with Crippen LogP contribution in [0.3, 0.4) is 0 Å². The van der Waals surface area contributed by atoms with Crippen LogP contribution >= 0.6 is 0 Å². The number of rotatable bonds is 3. The van der Waals surface area contributed by atoms with E-state index in [1.54, 1.807) is 19.1 Å². The van der Waals surface area contributed by atoms with Gasteiger partial charge in [0, 0.05) is 0 Å². The molecule has 0 radical (unpaired) electrons. The molecule has 0 heterocycles. The molecule has 2 rings (SSSR count). The molecular formula is C16H15N3O2. The maximum absolute atomic E-state index is 11.7. The zero-order chi connectivity index (χ0) is 15.4. The van der Waals surface area contributed by atoms with E-state index in [0.717, 1.165) is 5.56 Å². The van der Waals surface area contributed by atoms with E-state index in [1.807, 2.05) is 36.4 Å². The van der Waals surface area contributed by atoms with E-state index in [-0.39, 0.29) is 0 Å². The van der Waals surface area contributed by atoms with Gasteiger partial charge in [0.05, 0.1) is 29.0 Å². The van der Waals surface area contributed by atoms with E-state index in [0.29, 0.717) is 16.9 Å². The van der Waals surface area contributed by atoms with Crippen molar-refractivity contribution in [2.24, 2.45) is 0 Å². The minimum atomic E-state index is -1.12. The predicted octanol–water partition coefficient (Wildman–Crippen LogP) is 3.39. The van der Waals surface area contributed by atoms with Crippen molar-refractivity contribution in [3.63, 3.8) is 0 Å². The Bertz CT molecular complexity index is 692. The first-order valence-corrected chi connectivity index (χ1v) is 6.41. The normalized spacial score (nSPS) is 11.4. The average Bonchev–Trinajstić information content (AvgIpc) is 2.50. The first kappa shape index (κ1) is 14.4. The van der Waals surface area contributed by atoms with E-state index >= 15 is 0 Å². The van der Waals surface area contributed by atoms with E-state index in [4.69, 9.17) is 11.0 Å². The Morgan fingerprint density at radius 2 is 1.95 bits per heavy atom. The number of nitriles is 1. The summed E-state index contributed by atoms with van der Waals surface area (Å²) >= 11 is 0. The number of anilines is 2. The second kappa shape index (κ2) is 5.97. The molecule has 0 saturated carbocycles. The number of hydrogen-bond donors (Lipinski definition) is 2. The minimum Gasteiger partial charge on any atom is -0.465 e. The van der Waals surface area contributed by atoms with Crippen LogP contribution in [0.15, 0.2) is 48.5 Å². The van der Waals surface area contributed by atoms with Crippen LogP contribution in [0.4, 0.5) is 16.2 Å². The summed E-state index contributed by atoms with van der Waals surface area (Å²) in [6.45, 7) is 1.78. The molecule has 21 heavy (non-hydrogen) atoms. The average molecular weight is 281 g/mol. The molecule has 3 N–H and O–H groups in total. The van der Waals surface area contributed by atoms with Crippen LogP contribution in [-0.2, 0) is 0 Å². The first-order valence-electron chi connectivity index (χ1n) is 6.41. The monoisotopic (exact) mass is 281 g/mol. The summed E-state index contributed by atoms with van der Waals surface area (Å²) in [5.41, 5.74) is 7.74. The summed E-state index contributed by atoms with van der Waals surface area (Å²) in [4.78, 5) is 12.8. The number of benzene rings is 2. The second-order valence-electron chi connectivity index (χ2n) is 4.62. The van der Waals surface area contributed by atoms with Crippen molar-refractivity contribution < 1.29 is 9.90 Å². The Morgan fingerprint density at radius 3 is 2.52 bits per heavy atom. The van der Waals surface area contributed by atoms with Crippen LogP contribution in [0.25, 0.3) is 0 Å². The van der Waals surface area contributed by atoms with Gasteiger partial charge >= 0.3 is 6.09 Å². The van der Waals surface area contributed by atoms with Crippen molar-refractivity contribution in [1.82, 2.24) is 0 Å². The van der Waals surface area contributed by atoms with Gasteiger partial charge in [-0.2, -0.15) is 5.26 Å². The molecule has 5 heteroatoms. The molecule has 0 aliphatic carbocycles. The summed E-state index contributed by atoms with van der Waals surface area (Å²) in [5, 5.41) is 18.5. The number of nitrogen functional groups attached to an aromatic ring is 1. The number of carbonyl (C=O) groups is 1. The van der Waals surface area contributed by atoms with E-state index in [9.17, 15) is 9.90 Å². The first-order chi connectivity index (χ1) is 10.0. The summed E-state index contributed by atoms with van der Waals surface area (Å²) in [6.07, 6.45) is -1.12. The largest absolute Gasteiger partial charge is 0.465 e. The summed E-state index contributed by atoms with van der Waals surface area (Å²) in [6, 6.07) is 15.4. The van der Waals surface area contributed by atoms with Crippen LogP contribution in [0.2, 0.25) is 0 Å². The highest BCUT2D eigenvalue weighted by Crippen LogP contribution is 2.32. The molecule has 2 aromatic carbocycles. The molecule has 1 atom stereocenters. The molecule has 0 aliphatic heterocycles. The fourth-order valence-corrected chi connectivity index (χ4v) is 2.18. The highest BCUT2D eigenvalue weighted by atomic mass is 16.4. The third kappa shape index (κ3) is 2.95. The molecule has 0 unspecified atom stereocenters. The molecule has 106 valence electrons. The minimum absolute atomic E-state index is 0.318. The quantitative estimate of drug-likeness (QED) is 0.844. The van der Waals surface area contributed by atoms with Gasteiger partial charge in [-0.1, -0.05) is 30.3 Å². The molecule has 0 fully saturated rings. The third-order valence-corrected chi connectivity index (χ3v) is 3.29. The molecule has 5 nitrogen and oxygen atoms in total. The van der Waals surface area contributed by atoms with Crippen molar-refractivity contribution >= 4 is 17.5 Å². The smallest absolute Gasteiger partial charge is 0.412 e. The number of amides is 1. The Morgan fingerprint density at radius 1 is 1.29 bits per heavy atom. The standard InChI is InChI=1S/C16H15N3O2/c1-11(13-5-3-2-4-6-13)19(16(20)21)15-9-12(10-17)7-8-14(15)18/h2-9,11H,18H2,1H3,(H,20,21)/t11-/m0/s1. The fourth-order valence-electron chi connectivity index (χ4n) is 2.18. The van der Waals surface area contributed by atoms with Crippen LogP contribution in [-0.4, -0.2) is 11.2 Å². The number of nitrogens with zero attached hydrogens (tertiary/aromatic N) is 2. The molecule has 0 saturated heterocycles. The van der Waals surface area contributed by atoms with Crippen molar-refractivity contribution in [3.8, 4) is 6.07 Å². The van der Waals surface area contributed by atoms with Crippen molar-refractivity contribution in [2.45, 2.75) is 13.0 Å². The Balaban J connectivity index is 2.50. The number of nitrogens with two attached hydrogens (primary N) is 1. The summed E-state index contributed by atoms with van der Waals surface area (Å²) in [5.74, 6) is 0. The topological polar surface area (TPSA) is 90.4 Å². The lowest BCUT2D eigenvalue weighted by Gasteiger charge is -2.28. The van der Waals surface area contributed by atoms with Crippen LogP contribution < -0.4 is 10.6 Å². The molecule has 0 aromatic heterocycles. The molecule has 1 amide bonds. The Labute approximate surface area is 122 Å². The van der Waals surface area contributed by atoms with Crippen LogP contribution in [0.1, 0.15) is 24.1 Å². The van der Waals surface area contributed by atoms with Gasteiger partial charge in [0.1, 0.15) is 0 Å². The number of carboxylic acid groups (broad SMARTS) is 1. The molecular weight excluding hydrogens is 266 g/mol. The van der Waals surface area contributed by atoms with E-state index in [1.165, 1.54) is 11.0 Å². The van der Waals surface area contributed by atoms with E-state index in [2.05, 4.69) is 0 Å². The third-order valence-electron chi connectivity index (χ3n) is 3.29. The predicted molar refractivity (Wildman–Crippen MR) is 80.9 cm³/mol. The Kier molecular flexibility index (Phi) is 4.10. The maximum atomic E-state index is 11.7. The lowest BCUT2D eigenvalue weighted by Crippen LogP contribution is -2.32. The van der Waals surface area contributed by atoms with Gasteiger partial charge in [-0.3, -0.25) is 4.90 Å². The van der Waals surface area contributed by atoms with Gasteiger partial charge in [-0.15, -0.1) is 0 Å². The van der Waals surface area contributed by atoms with Gasteiger partial charge in [-0.05, 0) is 30.7 Å². The second-order valence-corrected chi connectivity index (χ2v) is 4.62. The van der Waals surface area contributed by atoms with E-state index < -0.39 is 12.1 Å². The van der Waals surface area contributed by atoms with Gasteiger partial charge in [-0.25, -0.2) is 4.79 Å². The van der Waals surface area contributed by atoms with Crippen LogP contribution in [0.5, 0.6) is 0 Å². The SMILES string of the molecule is C[C@@H](c1ccccc1)N(C(=O)O)c1cc(C#N)ccc1N. The van der Waals surface area contributed by atoms with Crippen molar-refractivity contribution in [3.05, 3.63) is 59.7 Å². The van der Waals surface area contributed by atoms with Gasteiger partial charge in [0.2, 0.25) is 0 Å². The van der Waals surface area contributed by atoms with Crippen molar-refractivity contribution in [2.75, 3.05) is 10.6 Å². The highest BCUT2D eigenvalue weighted by Gasteiger charge is 2.24. The molecule has 0 spiro atoms. The molecule has 2 aromatic rings. The fraction of sp³-hybridized carbons (Fsp3) is 0.125. The summed E-state index contributed by atoms with van der Waals surface area (Å²) < 4.78 is 0. The van der Waals surface area contributed by atoms with Gasteiger partial charge in [0.25, 0.3) is 0 Å². The molecule has 0 bridgehead atoms. The molecule has 0 aliphatic rings. The van der Waals surface area contributed by atoms with Gasteiger partial charge in [0.15, 0.2) is 0 Å². The zero-order valence-electron chi connectivity index (χ0n) is 11.5. The maximum Gasteiger partial charge on any atom is 0.412 e. The number of hydrogen-bond acceptors (Lipinski definition) is 3. The lowest BCUT2D eigenvalue weighted by molar-refractivity contribution is 0.199. The Hall–Kier alpha value is -3.00. The summed E-state index contributed by atoms with van der Waals surface area (Å²) in [7, 11) is 0. The zero-order valence-corrected chi connectivity index (χ0v) is 11.5. The van der Waals surface area contributed by atoms with Gasteiger partial charge < -0.3 is 10.8 Å².